The van der Waals surface area contributed by atoms with E-state index in [1.54, 1.807) is 14.0 Å². The van der Waals surface area contributed by atoms with E-state index in [0.29, 0.717) is 18.2 Å². The van der Waals surface area contributed by atoms with Crippen molar-refractivity contribution in [2.75, 3.05) is 20.2 Å². The fourth-order valence-electron chi connectivity index (χ4n) is 2.27. The standard InChI is InChI=1S/C14H16N4O3S/c1-8(12(19)18-6-5-15-14(18)20)22-13-16-10-4-3-9(21-2)7-11(10)17-13/h3-4,7-8H,5-6H2,1-2H3,(H,15,20)(H,16,17)/t8-/m0/s1. The third-order valence-corrected chi connectivity index (χ3v) is 4.40. The van der Waals surface area contributed by atoms with E-state index in [4.69, 9.17) is 4.74 Å². The van der Waals surface area contributed by atoms with Gasteiger partial charge in [0.2, 0.25) is 5.91 Å². The number of amides is 3. The minimum absolute atomic E-state index is 0.210. The summed E-state index contributed by atoms with van der Waals surface area (Å²) >= 11 is 1.30. The first-order valence-corrected chi connectivity index (χ1v) is 7.76. The normalized spacial score (nSPS) is 15.9. The second-order valence-corrected chi connectivity index (χ2v) is 6.24. The van der Waals surface area contributed by atoms with E-state index in [1.165, 1.54) is 16.7 Å². The molecule has 3 rings (SSSR count). The topological polar surface area (TPSA) is 87.3 Å². The highest BCUT2D eigenvalue weighted by Gasteiger charge is 2.30. The Bertz CT molecular complexity index is 730. The minimum atomic E-state index is -0.397. The molecule has 0 bridgehead atoms. The molecule has 3 amide bonds. The molecule has 0 saturated carbocycles. The van der Waals surface area contributed by atoms with Crippen molar-refractivity contribution in [3.8, 4) is 5.75 Å². The van der Waals surface area contributed by atoms with Crippen molar-refractivity contribution >= 4 is 34.7 Å². The molecular formula is C14H16N4O3S. The number of hydrogen-bond acceptors (Lipinski definition) is 5. The molecule has 0 spiro atoms. The number of thioether (sulfide) groups is 1. The molecule has 1 aromatic heterocycles. The van der Waals surface area contributed by atoms with Crippen molar-refractivity contribution in [2.45, 2.75) is 17.3 Å². The zero-order valence-electron chi connectivity index (χ0n) is 12.3. The van der Waals surface area contributed by atoms with E-state index in [-0.39, 0.29) is 11.9 Å². The molecule has 2 aromatic rings. The third kappa shape index (κ3) is 2.74. The van der Waals surface area contributed by atoms with Gasteiger partial charge in [0, 0.05) is 19.2 Å². The van der Waals surface area contributed by atoms with Crippen LogP contribution in [0.5, 0.6) is 5.75 Å². The van der Waals surface area contributed by atoms with Gasteiger partial charge >= 0.3 is 6.03 Å². The van der Waals surface area contributed by atoms with Gasteiger partial charge in [-0.25, -0.2) is 9.78 Å². The number of urea groups is 1. The van der Waals surface area contributed by atoms with E-state index in [2.05, 4.69) is 15.3 Å². The number of nitrogens with zero attached hydrogens (tertiary/aromatic N) is 2. The van der Waals surface area contributed by atoms with Crippen LogP contribution in [0.2, 0.25) is 0 Å². The number of carbonyl (C=O) groups excluding carboxylic acids is 2. The summed E-state index contributed by atoms with van der Waals surface area (Å²) in [4.78, 5) is 32.6. The van der Waals surface area contributed by atoms with Crippen molar-refractivity contribution in [1.82, 2.24) is 20.2 Å². The van der Waals surface area contributed by atoms with Crippen LogP contribution in [0.4, 0.5) is 4.79 Å². The average molecular weight is 320 g/mol. The van der Waals surface area contributed by atoms with Crippen LogP contribution in [-0.4, -0.2) is 52.3 Å². The summed E-state index contributed by atoms with van der Waals surface area (Å²) < 4.78 is 5.17. The Morgan fingerprint density at radius 3 is 3.00 bits per heavy atom. The number of aromatic nitrogens is 2. The highest BCUT2D eigenvalue weighted by molar-refractivity contribution is 8.00. The Hall–Kier alpha value is -2.22. The molecule has 0 radical (unpaired) electrons. The van der Waals surface area contributed by atoms with Gasteiger partial charge in [0.25, 0.3) is 0 Å². The van der Waals surface area contributed by atoms with Crippen LogP contribution in [0, 0.1) is 0 Å². The van der Waals surface area contributed by atoms with Gasteiger partial charge in [-0.15, -0.1) is 0 Å². The van der Waals surface area contributed by atoms with Gasteiger partial charge in [0.15, 0.2) is 5.16 Å². The van der Waals surface area contributed by atoms with E-state index in [9.17, 15) is 9.59 Å². The van der Waals surface area contributed by atoms with Gasteiger partial charge in [0.05, 0.1) is 23.4 Å². The smallest absolute Gasteiger partial charge is 0.324 e. The summed E-state index contributed by atoms with van der Waals surface area (Å²) in [6.45, 7) is 2.69. The Morgan fingerprint density at radius 1 is 1.50 bits per heavy atom. The van der Waals surface area contributed by atoms with Crippen LogP contribution in [0.25, 0.3) is 11.0 Å². The summed E-state index contributed by atoms with van der Waals surface area (Å²) in [6.07, 6.45) is 0. The molecule has 1 aromatic carbocycles. The quantitative estimate of drug-likeness (QED) is 0.836. The predicted molar refractivity (Wildman–Crippen MR) is 83.1 cm³/mol. The van der Waals surface area contributed by atoms with Crippen LogP contribution in [-0.2, 0) is 4.79 Å². The van der Waals surface area contributed by atoms with Crippen LogP contribution in [0.1, 0.15) is 6.92 Å². The summed E-state index contributed by atoms with van der Waals surface area (Å²) in [5.74, 6) is 0.531. The maximum absolute atomic E-state index is 12.3. The molecular weight excluding hydrogens is 304 g/mol. The zero-order chi connectivity index (χ0) is 15.7. The maximum Gasteiger partial charge on any atom is 0.324 e. The molecule has 2 N–H and O–H groups in total. The third-order valence-electron chi connectivity index (χ3n) is 3.43. The monoisotopic (exact) mass is 320 g/mol. The summed E-state index contributed by atoms with van der Waals surface area (Å²) in [5, 5.41) is 2.87. The lowest BCUT2D eigenvalue weighted by molar-refractivity contribution is -0.126. The van der Waals surface area contributed by atoms with Gasteiger partial charge in [-0.1, -0.05) is 11.8 Å². The fourth-order valence-corrected chi connectivity index (χ4v) is 3.15. The number of carbonyl (C=O) groups is 2. The number of aromatic amines is 1. The van der Waals surface area contributed by atoms with Crippen LogP contribution < -0.4 is 10.1 Å². The molecule has 0 unspecified atom stereocenters. The largest absolute Gasteiger partial charge is 0.497 e. The fraction of sp³-hybridized carbons (Fsp3) is 0.357. The lowest BCUT2D eigenvalue weighted by Crippen LogP contribution is -2.38. The Balaban J connectivity index is 1.74. The van der Waals surface area contributed by atoms with Crippen LogP contribution in [0.3, 0.4) is 0 Å². The van der Waals surface area contributed by atoms with Crippen LogP contribution in [0.15, 0.2) is 23.4 Å². The highest BCUT2D eigenvalue weighted by atomic mass is 32.2. The number of rotatable bonds is 4. The number of imide groups is 1. The number of imidazole rings is 1. The number of ether oxygens (including phenoxy) is 1. The predicted octanol–water partition coefficient (Wildman–Crippen LogP) is 1.60. The van der Waals surface area contributed by atoms with Gasteiger partial charge in [-0.2, -0.15) is 0 Å². The molecule has 1 fully saturated rings. The van der Waals surface area contributed by atoms with Gasteiger partial charge in [-0.3, -0.25) is 9.69 Å². The number of hydrogen-bond donors (Lipinski definition) is 2. The van der Waals surface area contributed by atoms with Crippen LogP contribution >= 0.6 is 11.8 Å². The Morgan fingerprint density at radius 2 is 2.32 bits per heavy atom. The summed E-state index contributed by atoms with van der Waals surface area (Å²) in [5.41, 5.74) is 1.65. The molecule has 1 saturated heterocycles. The molecule has 116 valence electrons. The summed E-state index contributed by atoms with van der Waals surface area (Å²) in [7, 11) is 1.61. The number of nitrogens with one attached hydrogen (secondary N) is 2. The van der Waals surface area contributed by atoms with Crippen molar-refractivity contribution in [1.29, 1.82) is 0 Å². The SMILES string of the molecule is COc1ccc2nc(S[C@@H](C)C(=O)N3CCNC3=O)[nH]c2c1. The molecule has 22 heavy (non-hydrogen) atoms. The minimum Gasteiger partial charge on any atom is -0.497 e. The Kier molecular flexibility index (Phi) is 3.93. The van der Waals surface area contributed by atoms with Crippen molar-refractivity contribution in [2.24, 2.45) is 0 Å². The number of fused-ring (bicyclic) bond motifs is 1. The average Bonchev–Trinajstić information content (AvgIpc) is 3.10. The second-order valence-electron chi connectivity index (χ2n) is 4.91. The lowest BCUT2D eigenvalue weighted by Gasteiger charge is -2.16. The first-order valence-electron chi connectivity index (χ1n) is 6.88. The van der Waals surface area contributed by atoms with Gasteiger partial charge in [-0.05, 0) is 19.1 Å². The van der Waals surface area contributed by atoms with Crippen molar-refractivity contribution in [3.05, 3.63) is 18.2 Å². The molecule has 2 heterocycles. The van der Waals surface area contributed by atoms with Gasteiger partial charge < -0.3 is 15.0 Å². The molecule has 1 aliphatic rings. The molecule has 1 atom stereocenters. The zero-order valence-corrected chi connectivity index (χ0v) is 13.1. The van der Waals surface area contributed by atoms with Crippen molar-refractivity contribution < 1.29 is 14.3 Å². The number of methoxy groups -OCH3 is 1. The summed E-state index contributed by atoms with van der Waals surface area (Å²) in [6, 6.07) is 5.22. The number of benzene rings is 1. The Labute approximate surface area is 131 Å². The highest BCUT2D eigenvalue weighted by Crippen LogP contribution is 2.26. The van der Waals surface area contributed by atoms with E-state index in [0.717, 1.165) is 16.8 Å². The lowest BCUT2D eigenvalue weighted by atomic mass is 10.3. The molecule has 0 aliphatic carbocycles. The van der Waals surface area contributed by atoms with Gasteiger partial charge in [0.1, 0.15) is 5.75 Å². The van der Waals surface area contributed by atoms with E-state index < -0.39 is 5.25 Å². The second kappa shape index (κ2) is 5.88. The van der Waals surface area contributed by atoms with E-state index >= 15 is 0 Å². The van der Waals surface area contributed by atoms with E-state index in [1.807, 2.05) is 18.2 Å². The molecule has 8 heteroatoms. The molecule has 1 aliphatic heterocycles. The molecule has 7 nitrogen and oxygen atoms in total. The maximum atomic E-state index is 12.3. The first-order chi connectivity index (χ1) is 10.6. The first kappa shape index (κ1) is 14.7. The number of H-pyrrole nitrogens is 1. The van der Waals surface area contributed by atoms with Crippen molar-refractivity contribution in [3.63, 3.8) is 0 Å².